The normalized spacial score (nSPS) is 10.2. The van der Waals surface area contributed by atoms with Gasteiger partial charge in [0.1, 0.15) is 22.8 Å². The summed E-state index contributed by atoms with van der Waals surface area (Å²) in [5, 5.41) is 12.3. The first-order valence-corrected chi connectivity index (χ1v) is 5.80. The van der Waals surface area contributed by atoms with Crippen molar-refractivity contribution in [3.63, 3.8) is 0 Å². The molecule has 1 aromatic heterocycles. The van der Waals surface area contributed by atoms with Crippen LogP contribution in [0.25, 0.3) is 0 Å². The molecule has 0 saturated heterocycles. The highest BCUT2D eigenvalue weighted by Crippen LogP contribution is 2.18. The highest BCUT2D eigenvalue weighted by Gasteiger charge is 2.14. The van der Waals surface area contributed by atoms with Crippen molar-refractivity contribution in [1.29, 1.82) is 0 Å². The standard InChI is InChI=1S/C14H15NO4/c1-9-13(14(17)18-2)7-12(19-9)8-15-10-3-5-11(16)6-4-10/h3-7,15-16H,8H2,1-2H3. The second kappa shape index (κ2) is 5.48. The van der Waals surface area contributed by atoms with Crippen molar-refractivity contribution in [2.75, 3.05) is 12.4 Å². The maximum atomic E-state index is 11.4. The summed E-state index contributed by atoms with van der Waals surface area (Å²) >= 11 is 0. The van der Waals surface area contributed by atoms with Gasteiger partial charge in [-0.05, 0) is 37.3 Å². The summed E-state index contributed by atoms with van der Waals surface area (Å²) in [5.74, 6) is 0.991. The monoisotopic (exact) mass is 261 g/mol. The van der Waals surface area contributed by atoms with Gasteiger partial charge in [0.15, 0.2) is 0 Å². The van der Waals surface area contributed by atoms with E-state index >= 15 is 0 Å². The SMILES string of the molecule is COC(=O)c1cc(CNc2ccc(O)cc2)oc1C. The largest absolute Gasteiger partial charge is 0.508 e. The number of hydrogen-bond donors (Lipinski definition) is 2. The number of ether oxygens (including phenoxy) is 1. The Kier molecular flexibility index (Phi) is 3.75. The zero-order valence-electron chi connectivity index (χ0n) is 10.8. The molecule has 1 heterocycles. The van der Waals surface area contributed by atoms with E-state index in [4.69, 9.17) is 4.42 Å². The summed E-state index contributed by atoms with van der Waals surface area (Å²) in [6.45, 7) is 2.17. The Hall–Kier alpha value is -2.43. The number of anilines is 1. The lowest BCUT2D eigenvalue weighted by molar-refractivity contribution is 0.0599. The molecule has 0 atom stereocenters. The molecule has 0 radical (unpaired) electrons. The van der Waals surface area contributed by atoms with Gasteiger partial charge in [0.05, 0.1) is 13.7 Å². The van der Waals surface area contributed by atoms with E-state index < -0.39 is 5.97 Å². The minimum atomic E-state index is -0.405. The lowest BCUT2D eigenvalue weighted by Gasteiger charge is -2.03. The van der Waals surface area contributed by atoms with Gasteiger partial charge in [0.25, 0.3) is 0 Å². The minimum absolute atomic E-state index is 0.215. The lowest BCUT2D eigenvalue weighted by Crippen LogP contribution is -2.01. The molecule has 1 aromatic carbocycles. The quantitative estimate of drug-likeness (QED) is 0.654. The Labute approximate surface area is 110 Å². The number of phenolic OH excluding ortho intramolecular Hbond substituents is 1. The van der Waals surface area contributed by atoms with Crippen molar-refractivity contribution in [2.45, 2.75) is 13.5 Å². The van der Waals surface area contributed by atoms with Crippen molar-refractivity contribution >= 4 is 11.7 Å². The third kappa shape index (κ3) is 3.07. The highest BCUT2D eigenvalue weighted by molar-refractivity contribution is 5.90. The van der Waals surface area contributed by atoms with Gasteiger partial charge in [-0.3, -0.25) is 0 Å². The summed E-state index contributed by atoms with van der Waals surface area (Å²) < 4.78 is 10.1. The number of hydrogen-bond acceptors (Lipinski definition) is 5. The molecule has 2 rings (SSSR count). The number of phenols is 1. The molecule has 5 nitrogen and oxygen atoms in total. The van der Waals surface area contributed by atoms with E-state index in [0.717, 1.165) is 5.69 Å². The van der Waals surface area contributed by atoms with Crippen LogP contribution in [0.3, 0.4) is 0 Å². The molecule has 2 aromatic rings. The first kappa shape index (κ1) is 13.0. The fraction of sp³-hybridized carbons (Fsp3) is 0.214. The van der Waals surface area contributed by atoms with Crippen LogP contribution in [0.4, 0.5) is 5.69 Å². The van der Waals surface area contributed by atoms with Crippen LogP contribution in [0.1, 0.15) is 21.9 Å². The number of esters is 1. The third-order valence-corrected chi connectivity index (χ3v) is 2.71. The van der Waals surface area contributed by atoms with Crippen molar-refractivity contribution in [1.82, 2.24) is 0 Å². The molecule has 0 bridgehead atoms. The van der Waals surface area contributed by atoms with Gasteiger partial charge in [-0.25, -0.2) is 4.79 Å². The average Bonchev–Trinajstić information content (AvgIpc) is 2.78. The van der Waals surface area contributed by atoms with Crippen LogP contribution in [-0.2, 0) is 11.3 Å². The van der Waals surface area contributed by atoms with Crippen molar-refractivity contribution < 1.29 is 19.1 Å². The summed E-state index contributed by atoms with van der Waals surface area (Å²) in [5.41, 5.74) is 1.29. The van der Waals surface area contributed by atoms with Crippen molar-refractivity contribution in [3.8, 4) is 5.75 Å². The molecule has 0 spiro atoms. The molecule has 0 fully saturated rings. The van der Waals surface area contributed by atoms with Crippen LogP contribution in [0, 0.1) is 6.92 Å². The zero-order chi connectivity index (χ0) is 13.8. The maximum Gasteiger partial charge on any atom is 0.341 e. The first-order valence-electron chi connectivity index (χ1n) is 5.80. The number of aromatic hydroxyl groups is 1. The van der Waals surface area contributed by atoms with Gasteiger partial charge in [0.2, 0.25) is 0 Å². The van der Waals surface area contributed by atoms with E-state index in [9.17, 15) is 9.90 Å². The Morgan fingerprint density at radius 1 is 1.37 bits per heavy atom. The van der Waals surface area contributed by atoms with Crippen LogP contribution in [0.15, 0.2) is 34.7 Å². The Morgan fingerprint density at radius 2 is 2.05 bits per heavy atom. The molecule has 5 heteroatoms. The molecular weight excluding hydrogens is 246 g/mol. The van der Waals surface area contributed by atoms with Crippen LogP contribution in [-0.4, -0.2) is 18.2 Å². The van der Waals surface area contributed by atoms with Gasteiger partial charge in [-0.2, -0.15) is 0 Å². The number of carbonyl (C=O) groups excluding carboxylic acids is 1. The molecule has 0 amide bonds. The van der Waals surface area contributed by atoms with Gasteiger partial charge in [0, 0.05) is 5.69 Å². The number of methoxy groups -OCH3 is 1. The van der Waals surface area contributed by atoms with E-state index in [1.807, 2.05) is 0 Å². The smallest absolute Gasteiger partial charge is 0.341 e. The van der Waals surface area contributed by atoms with Crippen molar-refractivity contribution in [2.24, 2.45) is 0 Å². The highest BCUT2D eigenvalue weighted by atomic mass is 16.5. The molecule has 19 heavy (non-hydrogen) atoms. The fourth-order valence-electron chi connectivity index (χ4n) is 1.71. The predicted molar refractivity (Wildman–Crippen MR) is 70.2 cm³/mol. The predicted octanol–water partition coefficient (Wildman–Crippen LogP) is 2.69. The summed E-state index contributed by atoms with van der Waals surface area (Å²) in [4.78, 5) is 11.4. The number of carbonyl (C=O) groups is 1. The van der Waals surface area contributed by atoms with Crippen LogP contribution >= 0.6 is 0 Å². The number of nitrogens with one attached hydrogen (secondary N) is 1. The van der Waals surface area contributed by atoms with Crippen LogP contribution in [0.5, 0.6) is 5.75 Å². The molecule has 100 valence electrons. The van der Waals surface area contributed by atoms with E-state index in [1.54, 1.807) is 37.3 Å². The van der Waals surface area contributed by atoms with Crippen molar-refractivity contribution in [3.05, 3.63) is 47.4 Å². The van der Waals surface area contributed by atoms with Gasteiger partial charge >= 0.3 is 5.97 Å². The summed E-state index contributed by atoms with van der Waals surface area (Å²) in [7, 11) is 1.34. The average molecular weight is 261 g/mol. The van der Waals surface area contributed by atoms with Gasteiger partial charge in [-0.1, -0.05) is 0 Å². The fourth-order valence-corrected chi connectivity index (χ4v) is 1.71. The third-order valence-electron chi connectivity index (χ3n) is 2.71. The van der Waals surface area contributed by atoms with Crippen LogP contribution in [0.2, 0.25) is 0 Å². The molecule has 0 aliphatic rings. The topological polar surface area (TPSA) is 71.7 Å². The number of rotatable bonds is 4. The molecule has 0 saturated carbocycles. The second-order valence-corrected chi connectivity index (χ2v) is 4.07. The van der Waals surface area contributed by atoms with Gasteiger partial charge < -0.3 is 19.6 Å². The van der Waals surface area contributed by atoms with E-state index in [0.29, 0.717) is 23.6 Å². The molecule has 2 N–H and O–H groups in total. The maximum absolute atomic E-state index is 11.4. The Morgan fingerprint density at radius 3 is 2.68 bits per heavy atom. The molecule has 0 aliphatic heterocycles. The van der Waals surface area contributed by atoms with E-state index in [1.165, 1.54) is 7.11 Å². The number of benzene rings is 1. The van der Waals surface area contributed by atoms with Gasteiger partial charge in [-0.15, -0.1) is 0 Å². The van der Waals surface area contributed by atoms with E-state index in [2.05, 4.69) is 10.1 Å². The Bertz CT molecular complexity index is 572. The van der Waals surface area contributed by atoms with E-state index in [-0.39, 0.29) is 5.75 Å². The second-order valence-electron chi connectivity index (χ2n) is 4.07. The summed E-state index contributed by atoms with van der Waals surface area (Å²) in [6.07, 6.45) is 0. The molecular formula is C14H15NO4. The number of furan rings is 1. The number of aryl methyl sites for hydroxylation is 1. The van der Waals surface area contributed by atoms with Crippen LogP contribution < -0.4 is 5.32 Å². The molecule has 0 unspecified atom stereocenters. The zero-order valence-corrected chi connectivity index (χ0v) is 10.8. The first-order chi connectivity index (χ1) is 9.10. The molecule has 0 aliphatic carbocycles. The Balaban J connectivity index is 2.04. The summed E-state index contributed by atoms with van der Waals surface area (Å²) in [6, 6.07) is 8.36. The lowest BCUT2D eigenvalue weighted by atomic mass is 10.2. The minimum Gasteiger partial charge on any atom is -0.508 e.